The molecule has 7 heteroatoms. The first-order chi connectivity index (χ1) is 14.7. The Hall–Kier alpha value is -3.06. The second-order valence-corrected chi connectivity index (χ2v) is 8.56. The normalized spacial score (nSPS) is 17.9. The van der Waals surface area contributed by atoms with Gasteiger partial charge >= 0.3 is 0 Å². The summed E-state index contributed by atoms with van der Waals surface area (Å²) in [6.07, 6.45) is 8.19. The van der Waals surface area contributed by atoms with Crippen LogP contribution in [0.1, 0.15) is 64.5 Å². The number of carbonyl (C=O) groups is 1. The molecule has 0 unspecified atom stereocenters. The molecule has 2 N–H and O–H groups in total. The van der Waals surface area contributed by atoms with E-state index in [2.05, 4.69) is 27.1 Å². The molecule has 1 amide bonds. The lowest BCUT2D eigenvalue weighted by Gasteiger charge is -2.22. The zero-order valence-electron chi connectivity index (χ0n) is 16.7. The fourth-order valence-electron chi connectivity index (χ4n) is 4.25. The summed E-state index contributed by atoms with van der Waals surface area (Å²) < 4.78 is 5.57. The maximum absolute atomic E-state index is 13.4. The number of rotatable bonds is 5. The third kappa shape index (κ3) is 3.10. The molecule has 0 atom stereocenters. The fraction of sp³-hybridized carbons (Fsp3) is 0.391. The Morgan fingerprint density at radius 2 is 1.93 bits per heavy atom. The molecule has 2 fully saturated rings. The second-order valence-electron chi connectivity index (χ2n) is 8.56. The van der Waals surface area contributed by atoms with Crippen LogP contribution < -0.4 is 5.73 Å². The van der Waals surface area contributed by atoms with E-state index < -0.39 is 0 Å². The molecule has 1 aliphatic heterocycles. The highest BCUT2D eigenvalue weighted by molar-refractivity contribution is 5.97. The van der Waals surface area contributed by atoms with Crippen molar-refractivity contribution in [3.8, 4) is 0 Å². The topological polar surface area (TPSA) is 94.2 Å². The summed E-state index contributed by atoms with van der Waals surface area (Å²) in [5, 5.41) is 0.901. The number of nitrogen functional groups attached to an aromatic ring is 1. The first kappa shape index (κ1) is 17.8. The van der Waals surface area contributed by atoms with Crippen LogP contribution in [0.4, 0.5) is 5.82 Å². The first-order valence-corrected chi connectivity index (χ1v) is 10.6. The molecule has 152 valence electrons. The minimum absolute atomic E-state index is 0.0584. The lowest BCUT2D eigenvalue weighted by molar-refractivity contribution is 0.0722. The van der Waals surface area contributed by atoms with Gasteiger partial charge in [-0.25, -0.2) is 9.97 Å². The number of aromatic nitrogens is 3. The second kappa shape index (κ2) is 6.74. The monoisotopic (exact) mass is 401 g/mol. The van der Waals surface area contributed by atoms with Crippen molar-refractivity contribution in [1.29, 1.82) is 0 Å². The van der Waals surface area contributed by atoms with Crippen LogP contribution in [0, 0.1) is 0 Å². The van der Waals surface area contributed by atoms with Gasteiger partial charge in [-0.15, -0.1) is 0 Å². The first-order valence-electron chi connectivity index (χ1n) is 10.6. The van der Waals surface area contributed by atoms with E-state index in [-0.39, 0.29) is 11.9 Å². The van der Waals surface area contributed by atoms with Crippen LogP contribution >= 0.6 is 0 Å². The number of hydrogen-bond acceptors (Lipinski definition) is 6. The molecule has 0 aromatic carbocycles. The van der Waals surface area contributed by atoms with E-state index in [4.69, 9.17) is 10.5 Å². The predicted molar refractivity (Wildman–Crippen MR) is 112 cm³/mol. The third-order valence-electron chi connectivity index (χ3n) is 6.31. The van der Waals surface area contributed by atoms with Crippen LogP contribution in [0.15, 0.2) is 30.6 Å². The predicted octanol–water partition coefficient (Wildman–Crippen LogP) is 3.32. The Morgan fingerprint density at radius 3 is 2.67 bits per heavy atom. The van der Waals surface area contributed by atoms with Gasteiger partial charge in [0.2, 0.25) is 0 Å². The summed E-state index contributed by atoms with van der Waals surface area (Å²) in [6, 6.07) is 6.32. The number of fused-ring (bicyclic) bond motifs is 3. The van der Waals surface area contributed by atoms with Crippen molar-refractivity contribution in [1.82, 2.24) is 19.9 Å². The van der Waals surface area contributed by atoms with Gasteiger partial charge in [0.05, 0.1) is 37.2 Å². The summed E-state index contributed by atoms with van der Waals surface area (Å²) in [5.41, 5.74) is 11.4. The van der Waals surface area contributed by atoms with Crippen LogP contribution in [-0.2, 0) is 24.5 Å². The molecule has 30 heavy (non-hydrogen) atoms. The number of nitrogens with two attached hydrogens (primary N) is 1. The molecular formula is C23H23N5O2. The lowest BCUT2D eigenvalue weighted by Crippen LogP contribution is -2.33. The maximum atomic E-state index is 13.4. The average Bonchev–Trinajstić information content (AvgIpc) is 3.70. The molecule has 3 aromatic rings. The van der Waals surface area contributed by atoms with Crippen molar-refractivity contribution in [3.05, 3.63) is 58.7 Å². The van der Waals surface area contributed by atoms with E-state index in [0.29, 0.717) is 42.7 Å². The van der Waals surface area contributed by atoms with Gasteiger partial charge in [-0.3, -0.25) is 9.78 Å². The van der Waals surface area contributed by atoms with Crippen LogP contribution in [0.3, 0.4) is 0 Å². The van der Waals surface area contributed by atoms with Crippen molar-refractivity contribution in [2.75, 3.05) is 5.73 Å². The highest BCUT2D eigenvalue weighted by atomic mass is 16.5. The minimum Gasteiger partial charge on any atom is -0.383 e. The Bertz CT molecular complexity index is 1150. The van der Waals surface area contributed by atoms with Crippen LogP contribution in [0.2, 0.25) is 0 Å². The van der Waals surface area contributed by atoms with Crippen molar-refractivity contribution in [2.24, 2.45) is 0 Å². The van der Waals surface area contributed by atoms with E-state index in [1.807, 2.05) is 17.2 Å². The van der Waals surface area contributed by atoms with Gasteiger partial charge in [0, 0.05) is 23.2 Å². The van der Waals surface area contributed by atoms with Gasteiger partial charge in [-0.05, 0) is 54.9 Å². The van der Waals surface area contributed by atoms with Gasteiger partial charge in [-0.2, -0.15) is 0 Å². The molecule has 6 rings (SSSR count). The van der Waals surface area contributed by atoms with E-state index in [1.165, 1.54) is 18.4 Å². The molecule has 4 heterocycles. The van der Waals surface area contributed by atoms with Crippen molar-refractivity contribution in [2.45, 2.75) is 57.4 Å². The van der Waals surface area contributed by atoms with Crippen molar-refractivity contribution >= 4 is 22.6 Å². The summed E-state index contributed by atoms with van der Waals surface area (Å²) in [4.78, 5) is 28.8. The van der Waals surface area contributed by atoms with Crippen LogP contribution in [0.25, 0.3) is 10.9 Å². The molecule has 0 bridgehead atoms. The van der Waals surface area contributed by atoms with Gasteiger partial charge < -0.3 is 15.4 Å². The molecule has 7 nitrogen and oxygen atoms in total. The largest absolute Gasteiger partial charge is 0.383 e. The molecule has 0 radical (unpaired) electrons. The molecule has 2 saturated carbocycles. The van der Waals surface area contributed by atoms with E-state index in [0.717, 1.165) is 35.0 Å². The standard InChI is InChI=1S/C23H23N5O2/c24-22-19-12-30-11-18(19)17-7-20(26-9-21(17)27-22)23(29)28(16-5-6-16)10-15-4-3-14(8-25-15)13-1-2-13/h3-4,7-9,13,16H,1-2,5-6,10-12H2,(H2,24,27). The number of anilines is 1. The SMILES string of the molecule is Nc1nc2cnc(C(=O)N(Cc3ccc(C4CC4)cn3)C3CC3)cc2c2c1COC2. The summed E-state index contributed by atoms with van der Waals surface area (Å²) in [5.74, 6) is 1.11. The van der Waals surface area contributed by atoms with E-state index >= 15 is 0 Å². The van der Waals surface area contributed by atoms with Crippen molar-refractivity contribution in [3.63, 3.8) is 0 Å². The lowest BCUT2D eigenvalue weighted by atomic mass is 10.1. The van der Waals surface area contributed by atoms with Gasteiger partial charge in [-0.1, -0.05) is 6.07 Å². The molecule has 0 spiro atoms. The van der Waals surface area contributed by atoms with E-state index in [9.17, 15) is 4.79 Å². The van der Waals surface area contributed by atoms with Crippen molar-refractivity contribution < 1.29 is 9.53 Å². The summed E-state index contributed by atoms with van der Waals surface area (Å²) in [6.45, 7) is 1.46. The smallest absolute Gasteiger partial charge is 0.273 e. The van der Waals surface area contributed by atoms with Crippen LogP contribution in [-0.4, -0.2) is 31.8 Å². The van der Waals surface area contributed by atoms with E-state index in [1.54, 1.807) is 6.20 Å². The highest BCUT2D eigenvalue weighted by Gasteiger charge is 2.34. The third-order valence-corrected chi connectivity index (χ3v) is 6.31. The summed E-state index contributed by atoms with van der Waals surface area (Å²) >= 11 is 0. The minimum atomic E-state index is -0.0584. The Morgan fingerprint density at radius 1 is 1.10 bits per heavy atom. The van der Waals surface area contributed by atoms with Gasteiger partial charge in [0.15, 0.2) is 0 Å². The zero-order valence-corrected chi connectivity index (χ0v) is 16.7. The number of pyridine rings is 3. The summed E-state index contributed by atoms with van der Waals surface area (Å²) in [7, 11) is 0. The number of amides is 1. The Labute approximate surface area is 174 Å². The molecule has 3 aliphatic rings. The van der Waals surface area contributed by atoms with Crippen LogP contribution in [0.5, 0.6) is 0 Å². The van der Waals surface area contributed by atoms with Gasteiger partial charge in [0.25, 0.3) is 5.91 Å². The molecule has 2 aliphatic carbocycles. The number of nitrogens with zero attached hydrogens (tertiary/aromatic N) is 4. The Kier molecular flexibility index (Phi) is 3.99. The fourth-order valence-corrected chi connectivity index (χ4v) is 4.25. The molecule has 0 saturated heterocycles. The number of hydrogen-bond donors (Lipinski definition) is 1. The number of ether oxygens (including phenoxy) is 1. The molecular weight excluding hydrogens is 378 g/mol. The maximum Gasteiger partial charge on any atom is 0.273 e. The Balaban J connectivity index is 1.31. The average molecular weight is 401 g/mol. The number of carbonyl (C=O) groups excluding carboxylic acids is 1. The highest BCUT2D eigenvalue weighted by Crippen LogP contribution is 2.39. The zero-order chi connectivity index (χ0) is 20.2. The molecule has 3 aromatic heterocycles. The van der Waals surface area contributed by atoms with Gasteiger partial charge in [0.1, 0.15) is 11.5 Å². The quantitative estimate of drug-likeness (QED) is 0.705.